The SMILES string of the molecule is c1ccc(-c2cc(-c3nc(-c4ccccc4)c4sc5ccccc5c4n3)cc(-n3c4c(c5cc6ccccc6cc53)CCCC4)c2)cc1. The van der Waals surface area contributed by atoms with Crippen molar-refractivity contribution in [1.29, 1.82) is 0 Å². The van der Waals surface area contributed by atoms with Gasteiger partial charge in [-0.3, -0.25) is 0 Å². The van der Waals surface area contributed by atoms with Gasteiger partial charge in [-0.05, 0) is 89.5 Å². The summed E-state index contributed by atoms with van der Waals surface area (Å²) in [6.45, 7) is 0. The second kappa shape index (κ2) is 11.0. The molecule has 3 nitrogen and oxygen atoms in total. The van der Waals surface area contributed by atoms with Gasteiger partial charge in [0.1, 0.15) is 0 Å². The predicted molar refractivity (Wildman–Crippen MR) is 202 cm³/mol. The molecule has 0 atom stereocenters. The van der Waals surface area contributed by atoms with Gasteiger partial charge in [0.05, 0.1) is 21.4 Å². The van der Waals surface area contributed by atoms with Crippen molar-refractivity contribution >= 4 is 53.3 Å². The van der Waals surface area contributed by atoms with E-state index in [1.165, 1.54) is 61.4 Å². The van der Waals surface area contributed by atoms with E-state index in [4.69, 9.17) is 9.97 Å². The van der Waals surface area contributed by atoms with Gasteiger partial charge >= 0.3 is 0 Å². The maximum atomic E-state index is 5.37. The Morgan fingerprint density at radius 2 is 1.23 bits per heavy atom. The van der Waals surface area contributed by atoms with E-state index in [-0.39, 0.29) is 0 Å². The largest absolute Gasteiger partial charge is 0.313 e. The summed E-state index contributed by atoms with van der Waals surface area (Å²) in [6.07, 6.45) is 4.64. The van der Waals surface area contributed by atoms with Crippen molar-refractivity contribution in [3.05, 3.63) is 151 Å². The number of rotatable bonds is 4. The third kappa shape index (κ3) is 4.40. The van der Waals surface area contributed by atoms with Crippen LogP contribution in [0.2, 0.25) is 0 Å². The molecule has 3 aromatic heterocycles. The highest BCUT2D eigenvalue weighted by Crippen LogP contribution is 2.42. The first-order valence-corrected chi connectivity index (χ1v) is 17.6. The highest BCUT2D eigenvalue weighted by Gasteiger charge is 2.23. The molecule has 1 aliphatic rings. The molecule has 6 aromatic carbocycles. The van der Waals surface area contributed by atoms with Crippen molar-refractivity contribution in [3.8, 4) is 39.5 Å². The van der Waals surface area contributed by atoms with Gasteiger partial charge in [0.25, 0.3) is 0 Å². The normalized spacial score (nSPS) is 13.1. The molecule has 3 heterocycles. The summed E-state index contributed by atoms with van der Waals surface area (Å²) >= 11 is 1.78. The number of nitrogens with zero attached hydrogens (tertiary/aromatic N) is 3. The molecule has 1 aliphatic carbocycles. The average molecular weight is 634 g/mol. The van der Waals surface area contributed by atoms with E-state index < -0.39 is 0 Å². The molecule has 0 bridgehead atoms. The Labute approximate surface area is 282 Å². The van der Waals surface area contributed by atoms with Gasteiger partial charge in [-0.1, -0.05) is 103 Å². The number of aromatic nitrogens is 3. The van der Waals surface area contributed by atoms with Gasteiger partial charge in [-0.25, -0.2) is 9.97 Å². The third-order valence-corrected chi connectivity index (χ3v) is 11.1. The van der Waals surface area contributed by atoms with Crippen molar-refractivity contribution in [3.63, 3.8) is 0 Å². The minimum absolute atomic E-state index is 0.750. The molecule has 9 aromatic rings. The molecule has 4 heteroatoms. The van der Waals surface area contributed by atoms with Crippen LogP contribution in [0.15, 0.2) is 140 Å². The Bertz CT molecular complexity index is 2670. The van der Waals surface area contributed by atoms with Crippen molar-refractivity contribution < 1.29 is 0 Å². The average Bonchev–Trinajstić information content (AvgIpc) is 3.69. The number of benzene rings is 6. The lowest BCUT2D eigenvalue weighted by Crippen LogP contribution is -2.07. The van der Waals surface area contributed by atoms with Gasteiger partial charge in [0, 0.05) is 38.0 Å². The van der Waals surface area contributed by atoms with Crippen molar-refractivity contribution in [1.82, 2.24) is 14.5 Å². The number of hydrogen-bond donors (Lipinski definition) is 0. The van der Waals surface area contributed by atoms with Gasteiger partial charge in [-0.15, -0.1) is 11.3 Å². The third-order valence-electron chi connectivity index (χ3n) is 9.95. The van der Waals surface area contributed by atoms with Crippen LogP contribution < -0.4 is 0 Å². The number of fused-ring (bicyclic) bond motifs is 7. The fourth-order valence-corrected chi connectivity index (χ4v) is 8.85. The molecule has 0 unspecified atom stereocenters. The highest BCUT2D eigenvalue weighted by atomic mass is 32.1. The zero-order chi connectivity index (χ0) is 31.6. The number of thiophene rings is 1. The van der Waals surface area contributed by atoms with E-state index in [0.29, 0.717) is 0 Å². The minimum Gasteiger partial charge on any atom is -0.313 e. The molecule has 0 saturated carbocycles. The van der Waals surface area contributed by atoms with Crippen molar-refractivity contribution in [2.24, 2.45) is 0 Å². The predicted octanol–water partition coefficient (Wildman–Crippen LogP) is 11.8. The van der Waals surface area contributed by atoms with Crippen LogP contribution in [0.25, 0.3) is 81.4 Å². The van der Waals surface area contributed by atoms with E-state index in [9.17, 15) is 0 Å². The first-order chi connectivity index (χ1) is 23.8. The van der Waals surface area contributed by atoms with E-state index in [1.54, 1.807) is 11.3 Å². The summed E-state index contributed by atoms with van der Waals surface area (Å²) in [6, 6.07) is 50.4. The Morgan fingerprint density at radius 1 is 0.542 bits per heavy atom. The zero-order valence-corrected chi connectivity index (χ0v) is 27.2. The van der Waals surface area contributed by atoms with Crippen molar-refractivity contribution in [2.75, 3.05) is 0 Å². The van der Waals surface area contributed by atoms with Gasteiger partial charge in [0.2, 0.25) is 0 Å². The molecule has 228 valence electrons. The summed E-state index contributed by atoms with van der Waals surface area (Å²) < 4.78 is 4.90. The fraction of sp³-hybridized carbons (Fsp3) is 0.0909. The van der Waals surface area contributed by atoms with E-state index in [1.807, 2.05) is 0 Å². The molecule has 0 saturated heterocycles. The second-order valence-corrected chi connectivity index (χ2v) is 13.9. The molecule has 48 heavy (non-hydrogen) atoms. The Hall–Kier alpha value is -5.58. The molecule has 0 fully saturated rings. The molecule has 0 aliphatic heterocycles. The summed E-state index contributed by atoms with van der Waals surface area (Å²) in [7, 11) is 0. The molecule has 0 N–H and O–H groups in total. The van der Waals surface area contributed by atoms with E-state index in [0.717, 1.165) is 57.0 Å². The van der Waals surface area contributed by atoms with Gasteiger partial charge < -0.3 is 4.57 Å². The summed E-state index contributed by atoms with van der Waals surface area (Å²) in [5.41, 5.74) is 11.9. The molecular formula is C44H31N3S. The van der Waals surface area contributed by atoms with E-state index in [2.05, 4.69) is 144 Å². The van der Waals surface area contributed by atoms with E-state index >= 15 is 0 Å². The molecular weight excluding hydrogens is 603 g/mol. The van der Waals surface area contributed by atoms with Crippen LogP contribution in [0.3, 0.4) is 0 Å². The molecule has 0 spiro atoms. The molecule has 0 amide bonds. The van der Waals surface area contributed by atoms with Crippen LogP contribution in [0.1, 0.15) is 24.1 Å². The molecule has 0 radical (unpaired) electrons. The standard InChI is InChI=1S/C44H31N3S/c1-3-13-28(14-4-1)32-23-33(44-45-41(29-15-5-2-6-16-29)43-42(46-44)36-20-10-12-22-40(36)48-43)25-34(24-32)47-38-21-11-9-19-35(38)37-26-30-17-7-8-18-31(30)27-39(37)47/h1-8,10,12-18,20,22-27H,9,11,19,21H2. The Morgan fingerprint density at radius 3 is 2.06 bits per heavy atom. The van der Waals surface area contributed by atoms with Crippen molar-refractivity contribution in [2.45, 2.75) is 25.7 Å². The lowest BCUT2D eigenvalue weighted by atomic mass is 9.94. The number of hydrogen-bond acceptors (Lipinski definition) is 3. The summed E-state index contributed by atoms with van der Waals surface area (Å²) in [5.74, 6) is 0.750. The van der Waals surface area contributed by atoms with Crippen LogP contribution in [0, 0.1) is 0 Å². The van der Waals surface area contributed by atoms with Crippen LogP contribution in [0.4, 0.5) is 0 Å². The maximum Gasteiger partial charge on any atom is 0.160 e. The second-order valence-electron chi connectivity index (χ2n) is 12.9. The monoisotopic (exact) mass is 633 g/mol. The Kier molecular flexibility index (Phi) is 6.31. The fourth-order valence-electron chi connectivity index (χ4n) is 7.70. The minimum atomic E-state index is 0.750. The zero-order valence-electron chi connectivity index (χ0n) is 26.4. The quantitative estimate of drug-likeness (QED) is 0.193. The van der Waals surface area contributed by atoms with Crippen LogP contribution in [-0.4, -0.2) is 14.5 Å². The topological polar surface area (TPSA) is 30.7 Å². The smallest absolute Gasteiger partial charge is 0.160 e. The summed E-state index contributed by atoms with van der Waals surface area (Å²) in [5, 5.41) is 5.12. The van der Waals surface area contributed by atoms with Gasteiger partial charge in [-0.2, -0.15) is 0 Å². The number of aryl methyl sites for hydroxylation is 1. The van der Waals surface area contributed by atoms with Crippen LogP contribution >= 0.6 is 11.3 Å². The lowest BCUT2D eigenvalue weighted by Gasteiger charge is -2.18. The summed E-state index contributed by atoms with van der Waals surface area (Å²) in [4.78, 5) is 10.7. The lowest BCUT2D eigenvalue weighted by molar-refractivity contribution is 0.667. The highest BCUT2D eigenvalue weighted by molar-refractivity contribution is 7.26. The van der Waals surface area contributed by atoms with Crippen LogP contribution in [-0.2, 0) is 12.8 Å². The Balaban J connectivity index is 1.28. The van der Waals surface area contributed by atoms with Gasteiger partial charge in [0.15, 0.2) is 5.82 Å². The molecule has 10 rings (SSSR count). The first kappa shape index (κ1) is 27.5. The maximum absolute atomic E-state index is 5.37. The first-order valence-electron chi connectivity index (χ1n) is 16.8. The van der Waals surface area contributed by atoms with Crippen LogP contribution in [0.5, 0.6) is 0 Å².